The van der Waals surface area contributed by atoms with E-state index in [1.807, 2.05) is 25.1 Å². The van der Waals surface area contributed by atoms with Gasteiger partial charge >= 0.3 is 0 Å². The standard InChI is InChI=1S/C16H20N2O/c1-11-6-7-13(12(9-11)5-4-8-17)15(19)18-14-10-16(14,2)3/h6-7,9,14H,8,10,17H2,1-3H3,(H,18,19). The number of amides is 1. The van der Waals surface area contributed by atoms with E-state index in [0.717, 1.165) is 17.5 Å². The zero-order valence-electron chi connectivity index (χ0n) is 11.7. The van der Waals surface area contributed by atoms with Crippen LogP contribution in [0.1, 0.15) is 41.8 Å². The second-order valence-corrected chi connectivity index (χ2v) is 5.77. The van der Waals surface area contributed by atoms with E-state index in [1.165, 1.54) is 0 Å². The zero-order chi connectivity index (χ0) is 14.0. The molecule has 0 aromatic heterocycles. The molecule has 0 spiro atoms. The normalized spacial score (nSPS) is 19.3. The molecule has 1 amide bonds. The SMILES string of the molecule is Cc1ccc(C(=O)NC2CC2(C)C)c(C#CCN)c1. The van der Waals surface area contributed by atoms with Crippen LogP contribution in [-0.4, -0.2) is 18.5 Å². The van der Waals surface area contributed by atoms with Crippen LogP contribution in [-0.2, 0) is 0 Å². The highest BCUT2D eigenvalue weighted by atomic mass is 16.1. The first kappa shape index (κ1) is 13.6. The molecule has 1 saturated carbocycles. The highest BCUT2D eigenvalue weighted by Gasteiger charge is 2.46. The van der Waals surface area contributed by atoms with Gasteiger partial charge in [0.25, 0.3) is 5.91 Å². The minimum atomic E-state index is -0.0445. The van der Waals surface area contributed by atoms with Crippen molar-refractivity contribution in [1.29, 1.82) is 0 Å². The van der Waals surface area contributed by atoms with Crippen molar-refractivity contribution < 1.29 is 4.79 Å². The number of hydrogen-bond donors (Lipinski definition) is 2. The van der Waals surface area contributed by atoms with Crippen molar-refractivity contribution >= 4 is 5.91 Å². The Morgan fingerprint density at radius 3 is 2.79 bits per heavy atom. The fourth-order valence-electron chi connectivity index (χ4n) is 2.06. The van der Waals surface area contributed by atoms with Gasteiger partial charge in [0.05, 0.1) is 12.1 Å². The third-order valence-electron chi connectivity index (χ3n) is 3.56. The Balaban J connectivity index is 2.21. The van der Waals surface area contributed by atoms with Gasteiger partial charge < -0.3 is 11.1 Å². The van der Waals surface area contributed by atoms with E-state index in [-0.39, 0.29) is 17.4 Å². The second-order valence-electron chi connectivity index (χ2n) is 5.77. The summed E-state index contributed by atoms with van der Waals surface area (Å²) in [5, 5.41) is 3.06. The molecule has 0 saturated heterocycles. The second kappa shape index (κ2) is 5.07. The van der Waals surface area contributed by atoms with Gasteiger partial charge in [-0.2, -0.15) is 0 Å². The van der Waals surface area contributed by atoms with Crippen LogP contribution >= 0.6 is 0 Å². The van der Waals surface area contributed by atoms with Crippen molar-refractivity contribution in [2.75, 3.05) is 6.54 Å². The molecule has 1 aromatic carbocycles. The van der Waals surface area contributed by atoms with Gasteiger partial charge in [0.15, 0.2) is 0 Å². The van der Waals surface area contributed by atoms with Crippen LogP contribution in [0.3, 0.4) is 0 Å². The lowest BCUT2D eigenvalue weighted by Gasteiger charge is -2.09. The quantitative estimate of drug-likeness (QED) is 0.793. The molecule has 1 unspecified atom stereocenters. The van der Waals surface area contributed by atoms with E-state index < -0.39 is 0 Å². The minimum absolute atomic E-state index is 0.0445. The molecule has 0 aliphatic heterocycles. The molecule has 3 nitrogen and oxygen atoms in total. The lowest BCUT2D eigenvalue weighted by molar-refractivity contribution is 0.0946. The van der Waals surface area contributed by atoms with Gasteiger partial charge in [-0.05, 0) is 36.5 Å². The number of nitrogens with two attached hydrogens (primary N) is 1. The first-order chi connectivity index (χ1) is 8.94. The van der Waals surface area contributed by atoms with E-state index in [4.69, 9.17) is 5.73 Å². The number of carbonyl (C=O) groups is 1. The van der Waals surface area contributed by atoms with Crippen LogP contribution in [0.4, 0.5) is 0 Å². The van der Waals surface area contributed by atoms with Crippen molar-refractivity contribution in [2.45, 2.75) is 33.2 Å². The van der Waals surface area contributed by atoms with E-state index in [0.29, 0.717) is 12.1 Å². The van der Waals surface area contributed by atoms with E-state index in [9.17, 15) is 4.79 Å². The van der Waals surface area contributed by atoms with Gasteiger partial charge in [0.1, 0.15) is 0 Å². The van der Waals surface area contributed by atoms with E-state index >= 15 is 0 Å². The summed E-state index contributed by atoms with van der Waals surface area (Å²) in [4.78, 5) is 12.3. The first-order valence-corrected chi connectivity index (χ1v) is 6.54. The number of nitrogens with one attached hydrogen (secondary N) is 1. The van der Waals surface area contributed by atoms with Crippen molar-refractivity contribution in [2.24, 2.45) is 11.1 Å². The summed E-state index contributed by atoms with van der Waals surface area (Å²) in [5.74, 6) is 5.74. The summed E-state index contributed by atoms with van der Waals surface area (Å²) < 4.78 is 0. The Hall–Kier alpha value is -1.79. The number of carbonyl (C=O) groups excluding carboxylic acids is 1. The van der Waals surface area contributed by atoms with Crippen LogP contribution in [0.2, 0.25) is 0 Å². The molecular formula is C16H20N2O. The van der Waals surface area contributed by atoms with Crippen molar-refractivity contribution in [1.82, 2.24) is 5.32 Å². The molecule has 19 heavy (non-hydrogen) atoms. The molecular weight excluding hydrogens is 236 g/mol. The smallest absolute Gasteiger partial charge is 0.252 e. The van der Waals surface area contributed by atoms with Crippen molar-refractivity contribution in [3.63, 3.8) is 0 Å². The van der Waals surface area contributed by atoms with Crippen LogP contribution < -0.4 is 11.1 Å². The summed E-state index contributed by atoms with van der Waals surface area (Å²) in [6.07, 6.45) is 1.04. The van der Waals surface area contributed by atoms with Gasteiger partial charge in [0, 0.05) is 11.6 Å². The molecule has 1 fully saturated rings. The zero-order valence-corrected chi connectivity index (χ0v) is 11.7. The minimum Gasteiger partial charge on any atom is -0.349 e. The first-order valence-electron chi connectivity index (χ1n) is 6.54. The van der Waals surface area contributed by atoms with Crippen LogP contribution in [0, 0.1) is 24.2 Å². The highest BCUT2D eigenvalue weighted by molar-refractivity contribution is 5.97. The van der Waals surface area contributed by atoms with Crippen molar-refractivity contribution in [3.8, 4) is 11.8 Å². The molecule has 0 bridgehead atoms. The third-order valence-corrected chi connectivity index (χ3v) is 3.56. The number of aryl methyl sites for hydroxylation is 1. The molecule has 0 radical (unpaired) electrons. The summed E-state index contributed by atoms with van der Waals surface area (Å²) in [6, 6.07) is 5.97. The maximum atomic E-state index is 12.3. The molecule has 100 valence electrons. The fraction of sp³-hybridized carbons (Fsp3) is 0.438. The summed E-state index contributed by atoms with van der Waals surface area (Å²) in [6.45, 7) is 6.59. The van der Waals surface area contributed by atoms with E-state index in [2.05, 4.69) is 31.0 Å². The molecule has 3 N–H and O–H groups in total. The van der Waals surface area contributed by atoms with Crippen molar-refractivity contribution in [3.05, 3.63) is 34.9 Å². The monoisotopic (exact) mass is 256 g/mol. The van der Waals surface area contributed by atoms with Crippen LogP contribution in [0.15, 0.2) is 18.2 Å². The third kappa shape index (κ3) is 3.15. The van der Waals surface area contributed by atoms with Gasteiger partial charge in [-0.3, -0.25) is 4.79 Å². The van der Waals surface area contributed by atoms with Gasteiger partial charge in [0.2, 0.25) is 0 Å². The molecule has 1 aromatic rings. The summed E-state index contributed by atoms with van der Waals surface area (Å²) >= 11 is 0. The number of rotatable bonds is 2. The molecule has 2 rings (SSSR count). The predicted octanol–water partition coefficient (Wildman–Crippen LogP) is 1.83. The predicted molar refractivity (Wildman–Crippen MR) is 76.8 cm³/mol. The highest BCUT2D eigenvalue weighted by Crippen LogP contribution is 2.44. The van der Waals surface area contributed by atoms with Gasteiger partial charge in [-0.25, -0.2) is 0 Å². The largest absolute Gasteiger partial charge is 0.349 e. The molecule has 0 heterocycles. The van der Waals surface area contributed by atoms with Crippen LogP contribution in [0.5, 0.6) is 0 Å². The Labute approximate surface area is 114 Å². The average molecular weight is 256 g/mol. The summed E-state index contributed by atoms with van der Waals surface area (Å²) in [5.41, 5.74) is 8.09. The molecule has 1 aliphatic carbocycles. The topological polar surface area (TPSA) is 55.1 Å². The Kier molecular flexibility index (Phi) is 3.64. The maximum absolute atomic E-state index is 12.3. The van der Waals surface area contributed by atoms with Crippen LogP contribution in [0.25, 0.3) is 0 Å². The molecule has 1 atom stereocenters. The number of benzene rings is 1. The number of hydrogen-bond acceptors (Lipinski definition) is 2. The Morgan fingerprint density at radius 2 is 2.21 bits per heavy atom. The van der Waals surface area contributed by atoms with Gasteiger partial charge in [-0.15, -0.1) is 0 Å². The average Bonchev–Trinajstić information content (AvgIpc) is 2.93. The Bertz CT molecular complexity index is 564. The van der Waals surface area contributed by atoms with E-state index in [1.54, 1.807) is 0 Å². The van der Waals surface area contributed by atoms with Gasteiger partial charge in [-0.1, -0.05) is 31.8 Å². The fourth-order valence-corrected chi connectivity index (χ4v) is 2.06. The molecule has 3 heteroatoms. The lowest BCUT2D eigenvalue weighted by Crippen LogP contribution is -2.29. The lowest BCUT2D eigenvalue weighted by atomic mass is 10.0. The molecule has 1 aliphatic rings. The maximum Gasteiger partial charge on any atom is 0.252 e. The summed E-state index contributed by atoms with van der Waals surface area (Å²) in [7, 11) is 0. The Morgan fingerprint density at radius 1 is 1.53 bits per heavy atom.